The molecule has 3 aliphatic rings. The largest absolute Gasteiger partial charge is 0.456 e. The van der Waals surface area contributed by atoms with Gasteiger partial charge in [0.2, 0.25) is 0 Å². The molecule has 2 aliphatic heterocycles. The minimum absolute atomic E-state index is 0.0835. The number of hydrogen-bond donors (Lipinski definition) is 3. The minimum atomic E-state index is -0.180. The first-order valence-corrected chi connectivity index (χ1v) is 15.6. The van der Waals surface area contributed by atoms with Gasteiger partial charge in [-0.1, -0.05) is 109 Å². The Kier molecular flexibility index (Phi) is 6.56. The predicted molar refractivity (Wildman–Crippen MR) is 178 cm³/mol. The smallest absolute Gasteiger partial charge is 0.136 e. The van der Waals surface area contributed by atoms with Gasteiger partial charge >= 0.3 is 0 Å². The van der Waals surface area contributed by atoms with Crippen LogP contribution >= 0.6 is 11.8 Å². The van der Waals surface area contributed by atoms with E-state index in [1.807, 2.05) is 6.07 Å². The highest BCUT2D eigenvalue weighted by Crippen LogP contribution is 2.48. The fourth-order valence-corrected chi connectivity index (χ4v) is 7.78. The summed E-state index contributed by atoms with van der Waals surface area (Å²) >= 11 is 1.73. The van der Waals surface area contributed by atoms with Crippen LogP contribution in [0, 0.1) is 5.92 Å². The first kappa shape index (κ1) is 26.3. The summed E-state index contributed by atoms with van der Waals surface area (Å²) in [5, 5.41) is 9.80. The van der Waals surface area contributed by atoms with Crippen molar-refractivity contribution in [1.29, 1.82) is 0 Å². The number of nitrogens with one attached hydrogen (secondary N) is 2. The lowest BCUT2D eigenvalue weighted by Gasteiger charge is -2.35. The standard InChI is InChI=1S/C37H32N4OS/c1-22-21-28(38)32-25(16-10-20-31(32)43-22)26-15-8-18-29-33(26)34-27(17-9-19-30(34)42-29)37-40-35(23-11-4-2-5-12-23)39-36(41-37)24-13-6-3-7-14-24/h2-13,15-20,24,28,36-37,41H,1,14,21,38H2,(H,39,40). The molecular weight excluding hydrogens is 549 g/mol. The summed E-state index contributed by atoms with van der Waals surface area (Å²) in [4.78, 5) is 7.46. The molecule has 212 valence electrons. The lowest BCUT2D eigenvalue weighted by molar-refractivity contribution is 0.340. The van der Waals surface area contributed by atoms with Crippen LogP contribution in [-0.4, -0.2) is 12.0 Å². The quantitative estimate of drug-likeness (QED) is 0.199. The summed E-state index contributed by atoms with van der Waals surface area (Å²) in [6.07, 6.45) is 10.2. The van der Waals surface area contributed by atoms with Crippen molar-refractivity contribution in [2.45, 2.75) is 36.1 Å². The fraction of sp³-hybridized carbons (Fsp3) is 0.162. The van der Waals surface area contributed by atoms with Gasteiger partial charge in [0.25, 0.3) is 0 Å². The maximum absolute atomic E-state index is 6.77. The Labute approximate surface area is 255 Å². The number of hydrogen-bond acceptors (Lipinski definition) is 6. The molecule has 0 radical (unpaired) electrons. The summed E-state index contributed by atoms with van der Waals surface area (Å²) in [6.45, 7) is 4.22. The van der Waals surface area contributed by atoms with Gasteiger partial charge in [0.05, 0.1) is 0 Å². The molecule has 0 saturated carbocycles. The van der Waals surface area contributed by atoms with E-state index in [2.05, 4.69) is 120 Å². The van der Waals surface area contributed by atoms with Gasteiger partial charge in [0.1, 0.15) is 29.3 Å². The number of fused-ring (bicyclic) bond motifs is 4. The molecule has 6 heteroatoms. The number of furan rings is 1. The summed E-state index contributed by atoms with van der Waals surface area (Å²) in [5.74, 6) is 1.15. The number of aliphatic imine (C=N–C) groups is 1. The van der Waals surface area contributed by atoms with Gasteiger partial charge in [-0.15, -0.1) is 0 Å². The third kappa shape index (κ3) is 4.63. The Morgan fingerprint density at radius 1 is 0.860 bits per heavy atom. The first-order valence-electron chi connectivity index (χ1n) is 14.8. The van der Waals surface area contributed by atoms with Crippen LogP contribution in [0.2, 0.25) is 0 Å². The average Bonchev–Trinajstić information content (AvgIpc) is 3.44. The van der Waals surface area contributed by atoms with Crippen molar-refractivity contribution in [3.8, 4) is 11.1 Å². The summed E-state index contributed by atoms with van der Waals surface area (Å²) < 4.78 is 6.53. The van der Waals surface area contributed by atoms with Crippen molar-refractivity contribution < 1.29 is 4.42 Å². The second-order valence-electron chi connectivity index (χ2n) is 11.4. The molecule has 4 atom stereocenters. The number of thioether (sulfide) groups is 1. The highest BCUT2D eigenvalue weighted by Gasteiger charge is 2.31. The summed E-state index contributed by atoms with van der Waals surface area (Å²) in [7, 11) is 0. The molecule has 1 aromatic heterocycles. The highest BCUT2D eigenvalue weighted by atomic mass is 32.2. The molecule has 4 aromatic carbocycles. The monoisotopic (exact) mass is 580 g/mol. The lowest BCUT2D eigenvalue weighted by atomic mass is 9.89. The molecule has 5 nitrogen and oxygen atoms in total. The van der Waals surface area contributed by atoms with Gasteiger partial charge in [-0.2, -0.15) is 0 Å². The Balaban J connectivity index is 1.31. The first-order chi connectivity index (χ1) is 21.1. The van der Waals surface area contributed by atoms with Crippen molar-refractivity contribution in [2.75, 3.05) is 0 Å². The van der Waals surface area contributed by atoms with E-state index in [0.29, 0.717) is 0 Å². The van der Waals surface area contributed by atoms with E-state index in [4.69, 9.17) is 15.1 Å². The van der Waals surface area contributed by atoms with E-state index in [0.717, 1.165) is 67.8 Å². The Morgan fingerprint density at radius 3 is 2.49 bits per heavy atom. The third-order valence-corrected chi connectivity index (χ3v) is 9.68. The molecule has 0 bridgehead atoms. The number of rotatable bonds is 4. The van der Waals surface area contributed by atoms with Crippen molar-refractivity contribution in [2.24, 2.45) is 16.6 Å². The number of amidine groups is 1. The van der Waals surface area contributed by atoms with Gasteiger partial charge in [-0.25, -0.2) is 4.99 Å². The molecule has 5 aromatic rings. The van der Waals surface area contributed by atoms with E-state index in [-0.39, 0.29) is 24.3 Å². The summed E-state index contributed by atoms with van der Waals surface area (Å²) in [6, 6.07) is 29.4. The third-order valence-electron chi connectivity index (χ3n) is 8.65. The Morgan fingerprint density at radius 2 is 1.65 bits per heavy atom. The molecule has 8 rings (SSSR count). The SMILES string of the molecule is C=C1CC(N)c2c(cccc2-c2cccc3oc4cccc(C5NC(c6ccccc6)=NC(C6C=CC=CC6)N5)c4c23)S1. The van der Waals surface area contributed by atoms with E-state index in [1.54, 1.807) is 11.8 Å². The van der Waals surface area contributed by atoms with E-state index >= 15 is 0 Å². The number of benzene rings is 4. The van der Waals surface area contributed by atoms with Crippen molar-refractivity contribution in [3.63, 3.8) is 0 Å². The second-order valence-corrected chi connectivity index (χ2v) is 12.6. The Hall–Kier alpha value is -4.36. The Bertz CT molecular complexity index is 1970. The average molecular weight is 581 g/mol. The van der Waals surface area contributed by atoms with Crippen LogP contribution < -0.4 is 16.4 Å². The predicted octanol–water partition coefficient (Wildman–Crippen LogP) is 8.36. The lowest BCUT2D eigenvalue weighted by Crippen LogP contribution is -2.50. The normalized spacial score (nSPS) is 23.3. The molecule has 3 heterocycles. The number of allylic oxidation sites excluding steroid dienone is 3. The van der Waals surface area contributed by atoms with E-state index in [9.17, 15) is 0 Å². The molecule has 1 aliphatic carbocycles. The topological polar surface area (TPSA) is 75.6 Å². The zero-order valence-electron chi connectivity index (χ0n) is 23.7. The van der Waals surface area contributed by atoms with Crippen molar-refractivity contribution in [1.82, 2.24) is 10.6 Å². The fourth-order valence-electron chi connectivity index (χ4n) is 6.69. The van der Waals surface area contributed by atoms with E-state index < -0.39 is 0 Å². The van der Waals surface area contributed by atoms with Crippen LogP contribution in [-0.2, 0) is 0 Å². The molecule has 4 N–H and O–H groups in total. The van der Waals surface area contributed by atoms with Crippen LogP contribution in [0.4, 0.5) is 0 Å². The van der Waals surface area contributed by atoms with Crippen LogP contribution in [0.25, 0.3) is 33.1 Å². The zero-order chi connectivity index (χ0) is 28.9. The van der Waals surface area contributed by atoms with Gasteiger partial charge < -0.3 is 15.5 Å². The van der Waals surface area contributed by atoms with Crippen molar-refractivity contribution in [3.05, 3.63) is 137 Å². The molecule has 4 unspecified atom stereocenters. The van der Waals surface area contributed by atoms with Crippen molar-refractivity contribution >= 4 is 39.5 Å². The highest BCUT2D eigenvalue weighted by molar-refractivity contribution is 8.03. The van der Waals surface area contributed by atoms with Crippen LogP contribution in [0.1, 0.15) is 41.7 Å². The molecule has 0 fully saturated rings. The molecule has 0 spiro atoms. The summed E-state index contributed by atoms with van der Waals surface area (Å²) in [5.41, 5.74) is 14.2. The van der Waals surface area contributed by atoms with E-state index in [1.165, 1.54) is 10.5 Å². The maximum Gasteiger partial charge on any atom is 0.136 e. The molecule has 43 heavy (non-hydrogen) atoms. The van der Waals surface area contributed by atoms with Crippen LogP contribution in [0.3, 0.4) is 0 Å². The maximum atomic E-state index is 6.77. The van der Waals surface area contributed by atoms with Crippen LogP contribution in [0.5, 0.6) is 0 Å². The minimum Gasteiger partial charge on any atom is -0.456 e. The second kappa shape index (κ2) is 10.7. The molecule has 0 amide bonds. The van der Waals surface area contributed by atoms with Gasteiger partial charge in [-0.05, 0) is 52.6 Å². The van der Waals surface area contributed by atoms with Crippen LogP contribution in [0.15, 0.2) is 135 Å². The zero-order valence-corrected chi connectivity index (χ0v) is 24.5. The van der Waals surface area contributed by atoms with Gasteiger partial charge in [-0.3, -0.25) is 5.32 Å². The number of nitrogens with two attached hydrogens (primary N) is 1. The van der Waals surface area contributed by atoms with Gasteiger partial charge in [0, 0.05) is 38.8 Å². The van der Waals surface area contributed by atoms with Gasteiger partial charge in [0.15, 0.2) is 0 Å². The number of nitrogens with zero attached hydrogens (tertiary/aromatic N) is 1. The molecular formula is C37H32N4OS. The molecule has 0 saturated heterocycles.